The van der Waals surface area contributed by atoms with Crippen LogP contribution in [0.15, 0.2) is 12.7 Å². The lowest BCUT2D eigenvalue weighted by Crippen LogP contribution is -2.40. The fourth-order valence-corrected chi connectivity index (χ4v) is 1.69. The molecule has 4 nitrogen and oxygen atoms in total. The van der Waals surface area contributed by atoms with E-state index in [0.717, 1.165) is 6.42 Å². The van der Waals surface area contributed by atoms with Crippen molar-refractivity contribution in [2.24, 2.45) is 0 Å². The van der Waals surface area contributed by atoms with Gasteiger partial charge in [-0.15, -0.1) is 6.58 Å². The number of aliphatic carboxylic acids is 1. The average molecular weight is 197 g/mol. The number of carboxylic acid groups (broad SMARTS) is 1. The summed E-state index contributed by atoms with van der Waals surface area (Å²) in [5.41, 5.74) is 0. The third-order valence-corrected chi connectivity index (χ3v) is 2.42. The van der Waals surface area contributed by atoms with Gasteiger partial charge in [-0.1, -0.05) is 6.08 Å². The van der Waals surface area contributed by atoms with Crippen molar-refractivity contribution in [3.63, 3.8) is 0 Å². The summed E-state index contributed by atoms with van der Waals surface area (Å²) in [6.45, 7) is 4.10. The highest BCUT2D eigenvalue weighted by Crippen LogP contribution is 2.18. The van der Waals surface area contributed by atoms with Gasteiger partial charge in [0.05, 0.1) is 0 Å². The van der Waals surface area contributed by atoms with Crippen LogP contribution in [-0.4, -0.2) is 34.5 Å². The molecule has 1 rings (SSSR count). The lowest BCUT2D eigenvalue weighted by Gasteiger charge is -2.20. The smallest absolute Gasteiger partial charge is 0.326 e. The average Bonchev–Trinajstić information content (AvgIpc) is 2.62. The highest BCUT2D eigenvalue weighted by atomic mass is 16.4. The van der Waals surface area contributed by atoms with Gasteiger partial charge in [-0.25, -0.2) is 4.79 Å². The van der Waals surface area contributed by atoms with Crippen LogP contribution in [0, 0.1) is 0 Å². The first-order valence-electron chi connectivity index (χ1n) is 4.80. The molecule has 0 saturated carbocycles. The molecule has 1 fully saturated rings. The third kappa shape index (κ3) is 2.34. The normalized spacial score (nSPS) is 20.9. The van der Waals surface area contributed by atoms with Crippen LogP contribution in [0.4, 0.5) is 0 Å². The number of amides is 1. The molecule has 1 amide bonds. The van der Waals surface area contributed by atoms with E-state index in [-0.39, 0.29) is 5.91 Å². The Labute approximate surface area is 83.2 Å². The van der Waals surface area contributed by atoms with Crippen molar-refractivity contribution >= 4 is 11.9 Å². The first-order valence-corrected chi connectivity index (χ1v) is 4.80. The molecule has 14 heavy (non-hydrogen) atoms. The first-order chi connectivity index (χ1) is 6.66. The number of likely N-dealkylation sites (tertiary alicyclic amines) is 1. The number of nitrogens with zero attached hydrogens (tertiary/aromatic N) is 1. The van der Waals surface area contributed by atoms with Crippen LogP contribution in [0.1, 0.15) is 25.7 Å². The van der Waals surface area contributed by atoms with E-state index in [1.165, 1.54) is 4.90 Å². The molecule has 0 aromatic carbocycles. The Morgan fingerprint density at radius 1 is 1.57 bits per heavy atom. The van der Waals surface area contributed by atoms with Gasteiger partial charge in [-0.3, -0.25) is 4.79 Å². The second kappa shape index (κ2) is 4.79. The molecule has 1 heterocycles. The van der Waals surface area contributed by atoms with Crippen LogP contribution in [0.5, 0.6) is 0 Å². The zero-order valence-corrected chi connectivity index (χ0v) is 8.11. The minimum absolute atomic E-state index is 0.0743. The minimum Gasteiger partial charge on any atom is -0.480 e. The van der Waals surface area contributed by atoms with Gasteiger partial charge in [0.1, 0.15) is 6.04 Å². The fourth-order valence-electron chi connectivity index (χ4n) is 1.69. The summed E-state index contributed by atoms with van der Waals surface area (Å²) in [6.07, 6.45) is 4.02. The molecule has 0 bridgehead atoms. The quantitative estimate of drug-likeness (QED) is 0.685. The number of carbonyl (C=O) groups is 2. The summed E-state index contributed by atoms with van der Waals surface area (Å²) < 4.78 is 0. The Morgan fingerprint density at radius 3 is 2.86 bits per heavy atom. The molecule has 0 spiro atoms. The van der Waals surface area contributed by atoms with E-state index >= 15 is 0 Å². The van der Waals surface area contributed by atoms with E-state index < -0.39 is 12.0 Å². The molecule has 1 unspecified atom stereocenters. The molecule has 0 aromatic rings. The Hall–Kier alpha value is -1.32. The molecule has 1 N–H and O–H groups in total. The van der Waals surface area contributed by atoms with Crippen molar-refractivity contribution in [1.29, 1.82) is 0 Å². The molecule has 1 aliphatic heterocycles. The van der Waals surface area contributed by atoms with Gasteiger partial charge in [-0.05, 0) is 19.3 Å². The van der Waals surface area contributed by atoms with Crippen molar-refractivity contribution in [2.75, 3.05) is 6.54 Å². The van der Waals surface area contributed by atoms with Crippen molar-refractivity contribution in [2.45, 2.75) is 31.7 Å². The van der Waals surface area contributed by atoms with Crippen LogP contribution in [0.2, 0.25) is 0 Å². The third-order valence-electron chi connectivity index (χ3n) is 2.42. The summed E-state index contributed by atoms with van der Waals surface area (Å²) in [5, 5.41) is 8.84. The van der Waals surface area contributed by atoms with E-state index in [4.69, 9.17) is 5.11 Å². The molecular weight excluding hydrogens is 182 g/mol. The Balaban J connectivity index is 2.53. The van der Waals surface area contributed by atoms with Gasteiger partial charge in [0.2, 0.25) is 5.91 Å². The predicted octanol–water partition coefficient (Wildman–Crippen LogP) is 1.03. The predicted molar refractivity (Wildman–Crippen MR) is 51.8 cm³/mol. The second-order valence-electron chi connectivity index (χ2n) is 3.41. The van der Waals surface area contributed by atoms with Gasteiger partial charge < -0.3 is 10.0 Å². The maximum absolute atomic E-state index is 11.5. The van der Waals surface area contributed by atoms with Crippen LogP contribution < -0.4 is 0 Å². The molecule has 1 atom stereocenters. The van der Waals surface area contributed by atoms with E-state index in [0.29, 0.717) is 25.8 Å². The van der Waals surface area contributed by atoms with Gasteiger partial charge in [0.15, 0.2) is 0 Å². The van der Waals surface area contributed by atoms with Crippen LogP contribution >= 0.6 is 0 Å². The Bertz CT molecular complexity index is 250. The van der Waals surface area contributed by atoms with E-state index in [1.54, 1.807) is 6.08 Å². The van der Waals surface area contributed by atoms with Crippen molar-refractivity contribution in [1.82, 2.24) is 4.90 Å². The van der Waals surface area contributed by atoms with Crippen LogP contribution in [-0.2, 0) is 9.59 Å². The number of carbonyl (C=O) groups excluding carboxylic acids is 1. The molecule has 0 radical (unpaired) electrons. The van der Waals surface area contributed by atoms with Crippen LogP contribution in [0.3, 0.4) is 0 Å². The zero-order valence-electron chi connectivity index (χ0n) is 8.11. The summed E-state index contributed by atoms with van der Waals surface area (Å²) in [7, 11) is 0. The lowest BCUT2D eigenvalue weighted by molar-refractivity contribution is -0.148. The Kier molecular flexibility index (Phi) is 3.68. The zero-order chi connectivity index (χ0) is 10.6. The lowest BCUT2D eigenvalue weighted by atomic mass is 10.2. The van der Waals surface area contributed by atoms with Gasteiger partial charge in [0.25, 0.3) is 0 Å². The topological polar surface area (TPSA) is 57.6 Å². The van der Waals surface area contributed by atoms with Crippen molar-refractivity contribution < 1.29 is 14.7 Å². The monoisotopic (exact) mass is 197 g/mol. The summed E-state index contributed by atoms with van der Waals surface area (Å²) in [6, 6.07) is -0.604. The summed E-state index contributed by atoms with van der Waals surface area (Å²) >= 11 is 0. The first kappa shape index (κ1) is 10.8. The number of hydrogen-bond acceptors (Lipinski definition) is 2. The number of carboxylic acids is 1. The highest BCUT2D eigenvalue weighted by molar-refractivity contribution is 5.84. The number of allylic oxidation sites excluding steroid dienone is 1. The van der Waals surface area contributed by atoms with Gasteiger partial charge in [0, 0.05) is 13.0 Å². The largest absolute Gasteiger partial charge is 0.480 e. The molecule has 1 saturated heterocycles. The van der Waals surface area contributed by atoms with Gasteiger partial charge >= 0.3 is 5.97 Å². The molecule has 1 aliphatic rings. The maximum atomic E-state index is 11.5. The van der Waals surface area contributed by atoms with Crippen LogP contribution in [0.25, 0.3) is 0 Å². The SMILES string of the molecule is C=CCCC(=O)N1CCCC1C(=O)O. The number of rotatable bonds is 4. The molecular formula is C10H15NO3. The van der Waals surface area contributed by atoms with E-state index in [9.17, 15) is 9.59 Å². The second-order valence-corrected chi connectivity index (χ2v) is 3.41. The highest BCUT2D eigenvalue weighted by Gasteiger charge is 2.33. The molecule has 78 valence electrons. The standard InChI is InChI=1S/C10H15NO3/c1-2-3-6-9(12)11-7-4-5-8(11)10(13)14/h2,8H,1,3-7H2,(H,13,14). The molecule has 0 aliphatic carbocycles. The summed E-state index contributed by atoms with van der Waals surface area (Å²) in [5.74, 6) is -0.968. The fraction of sp³-hybridized carbons (Fsp3) is 0.600. The molecule has 0 aromatic heterocycles. The van der Waals surface area contributed by atoms with E-state index in [1.807, 2.05) is 0 Å². The molecule has 4 heteroatoms. The summed E-state index contributed by atoms with van der Waals surface area (Å²) in [4.78, 5) is 23.8. The Morgan fingerprint density at radius 2 is 2.29 bits per heavy atom. The maximum Gasteiger partial charge on any atom is 0.326 e. The van der Waals surface area contributed by atoms with Gasteiger partial charge in [-0.2, -0.15) is 0 Å². The minimum atomic E-state index is -0.894. The van der Waals surface area contributed by atoms with Crippen molar-refractivity contribution in [3.05, 3.63) is 12.7 Å². The van der Waals surface area contributed by atoms with E-state index in [2.05, 4.69) is 6.58 Å². The number of hydrogen-bond donors (Lipinski definition) is 1. The van der Waals surface area contributed by atoms with Crippen molar-refractivity contribution in [3.8, 4) is 0 Å².